The third-order valence-corrected chi connectivity index (χ3v) is 5.53. The van der Waals surface area contributed by atoms with Crippen molar-refractivity contribution in [2.24, 2.45) is 0 Å². The molecule has 4 nitrogen and oxygen atoms in total. The minimum atomic E-state index is -0.150. The molecule has 0 saturated heterocycles. The molecule has 0 aliphatic rings. The molecule has 28 heavy (non-hydrogen) atoms. The SMILES string of the molecule is CC(C)(CNC(=O)c1ccc(CNC(=O)c2cccs2)cc1)c1ccccc1. The average Bonchev–Trinajstić information content (AvgIpc) is 3.26. The third-order valence-electron chi connectivity index (χ3n) is 4.66. The van der Waals surface area contributed by atoms with Crippen molar-refractivity contribution >= 4 is 23.2 Å². The van der Waals surface area contributed by atoms with Crippen molar-refractivity contribution in [2.45, 2.75) is 25.8 Å². The molecule has 0 unspecified atom stereocenters. The highest BCUT2D eigenvalue weighted by Gasteiger charge is 2.21. The molecule has 0 spiro atoms. The number of nitrogens with one attached hydrogen (secondary N) is 2. The first-order valence-electron chi connectivity index (χ1n) is 9.20. The molecule has 2 N–H and O–H groups in total. The molecule has 0 atom stereocenters. The van der Waals surface area contributed by atoms with Crippen molar-refractivity contribution in [3.05, 3.63) is 93.7 Å². The van der Waals surface area contributed by atoms with E-state index in [1.54, 1.807) is 18.2 Å². The summed E-state index contributed by atoms with van der Waals surface area (Å²) < 4.78 is 0. The lowest BCUT2D eigenvalue weighted by molar-refractivity contribution is 0.0940. The zero-order chi connectivity index (χ0) is 20.0. The van der Waals surface area contributed by atoms with Gasteiger partial charge < -0.3 is 10.6 Å². The predicted octanol–water partition coefficient (Wildman–Crippen LogP) is 4.39. The van der Waals surface area contributed by atoms with Crippen LogP contribution >= 0.6 is 11.3 Å². The molecule has 2 amide bonds. The number of thiophene rings is 1. The zero-order valence-corrected chi connectivity index (χ0v) is 16.9. The number of benzene rings is 2. The van der Waals surface area contributed by atoms with Crippen LogP contribution in [0.25, 0.3) is 0 Å². The van der Waals surface area contributed by atoms with Crippen LogP contribution in [0.1, 0.15) is 45.0 Å². The molecule has 0 aliphatic heterocycles. The molecular formula is C23H24N2O2S. The molecule has 0 fully saturated rings. The Hall–Kier alpha value is -2.92. The number of amides is 2. The van der Waals surface area contributed by atoms with Gasteiger partial charge in [-0.15, -0.1) is 11.3 Å². The van der Waals surface area contributed by atoms with E-state index in [1.165, 1.54) is 16.9 Å². The van der Waals surface area contributed by atoms with Gasteiger partial charge in [-0.2, -0.15) is 0 Å². The Labute approximate surface area is 169 Å². The molecule has 3 rings (SSSR count). The topological polar surface area (TPSA) is 58.2 Å². The van der Waals surface area contributed by atoms with E-state index in [9.17, 15) is 9.59 Å². The van der Waals surface area contributed by atoms with Gasteiger partial charge in [0, 0.05) is 24.1 Å². The standard InChI is InChI=1S/C23H24N2O2S/c1-23(2,19-7-4-3-5-8-19)16-25-21(26)18-12-10-17(11-13-18)15-24-22(27)20-9-6-14-28-20/h3-14H,15-16H2,1-2H3,(H,24,27)(H,25,26). The first-order valence-corrected chi connectivity index (χ1v) is 10.1. The maximum atomic E-state index is 12.5. The summed E-state index contributed by atoms with van der Waals surface area (Å²) in [6.45, 7) is 5.21. The monoisotopic (exact) mass is 392 g/mol. The minimum Gasteiger partial charge on any atom is -0.351 e. The summed E-state index contributed by atoms with van der Waals surface area (Å²) in [4.78, 5) is 25.2. The van der Waals surface area contributed by atoms with E-state index in [4.69, 9.17) is 0 Å². The molecule has 2 aromatic carbocycles. The Balaban J connectivity index is 1.53. The first-order chi connectivity index (χ1) is 13.5. The molecule has 144 valence electrons. The minimum absolute atomic E-state index is 0.0834. The van der Waals surface area contributed by atoms with Gasteiger partial charge in [0.1, 0.15) is 0 Å². The number of carbonyl (C=O) groups is 2. The lowest BCUT2D eigenvalue weighted by Crippen LogP contribution is -2.36. The Kier molecular flexibility index (Phi) is 6.26. The van der Waals surface area contributed by atoms with Crippen molar-refractivity contribution in [2.75, 3.05) is 6.54 Å². The number of rotatable bonds is 7. The first kappa shape index (κ1) is 19.8. The number of hydrogen-bond donors (Lipinski definition) is 2. The highest BCUT2D eigenvalue weighted by Crippen LogP contribution is 2.21. The number of carbonyl (C=O) groups excluding carboxylic acids is 2. The van der Waals surface area contributed by atoms with E-state index < -0.39 is 0 Å². The summed E-state index contributed by atoms with van der Waals surface area (Å²) in [6, 6.07) is 21.1. The zero-order valence-electron chi connectivity index (χ0n) is 16.1. The lowest BCUT2D eigenvalue weighted by atomic mass is 9.84. The fourth-order valence-corrected chi connectivity index (χ4v) is 3.49. The average molecular weight is 393 g/mol. The largest absolute Gasteiger partial charge is 0.351 e. The maximum absolute atomic E-state index is 12.5. The van der Waals surface area contributed by atoms with E-state index in [0.29, 0.717) is 23.5 Å². The molecule has 1 aromatic heterocycles. The summed E-state index contributed by atoms with van der Waals surface area (Å²) >= 11 is 1.41. The van der Waals surface area contributed by atoms with Crippen LogP contribution in [-0.4, -0.2) is 18.4 Å². The van der Waals surface area contributed by atoms with Gasteiger partial charge in [-0.3, -0.25) is 9.59 Å². The van der Waals surface area contributed by atoms with Gasteiger partial charge in [-0.1, -0.05) is 62.4 Å². The highest BCUT2D eigenvalue weighted by atomic mass is 32.1. The summed E-state index contributed by atoms with van der Waals surface area (Å²) in [5, 5.41) is 7.78. The van der Waals surface area contributed by atoms with Gasteiger partial charge in [-0.25, -0.2) is 0 Å². The molecule has 1 heterocycles. The molecule has 0 saturated carbocycles. The maximum Gasteiger partial charge on any atom is 0.261 e. The van der Waals surface area contributed by atoms with Crippen LogP contribution in [-0.2, 0) is 12.0 Å². The second-order valence-electron chi connectivity index (χ2n) is 7.29. The van der Waals surface area contributed by atoms with Gasteiger partial charge in [0.05, 0.1) is 4.88 Å². The van der Waals surface area contributed by atoms with E-state index >= 15 is 0 Å². The molecule has 3 aromatic rings. The highest BCUT2D eigenvalue weighted by molar-refractivity contribution is 7.12. The van der Waals surface area contributed by atoms with Crippen molar-refractivity contribution < 1.29 is 9.59 Å². The van der Waals surface area contributed by atoms with Gasteiger partial charge in [0.15, 0.2) is 0 Å². The van der Waals surface area contributed by atoms with E-state index in [1.807, 2.05) is 41.8 Å². The molecule has 5 heteroatoms. The summed E-state index contributed by atoms with van der Waals surface area (Å²) in [7, 11) is 0. The van der Waals surface area contributed by atoms with E-state index in [-0.39, 0.29) is 17.2 Å². The molecule has 0 aliphatic carbocycles. The van der Waals surface area contributed by atoms with Crippen LogP contribution in [0, 0.1) is 0 Å². The van der Waals surface area contributed by atoms with Gasteiger partial charge in [0.2, 0.25) is 0 Å². The van der Waals surface area contributed by atoms with Crippen molar-refractivity contribution in [3.8, 4) is 0 Å². The van der Waals surface area contributed by atoms with Crippen LogP contribution in [0.3, 0.4) is 0 Å². The fraction of sp³-hybridized carbons (Fsp3) is 0.217. The van der Waals surface area contributed by atoms with Crippen molar-refractivity contribution in [1.29, 1.82) is 0 Å². The second kappa shape index (κ2) is 8.85. The van der Waals surface area contributed by atoms with Crippen LogP contribution < -0.4 is 10.6 Å². The molecular weight excluding hydrogens is 368 g/mol. The van der Waals surface area contributed by atoms with E-state index in [0.717, 1.165) is 5.56 Å². The van der Waals surface area contributed by atoms with E-state index in [2.05, 4.69) is 36.6 Å². The Morgan fingerprint density at radius 1 is 0.857 bits per heavy atom. The fourth-order valence-electron chi connectivity index (χ4n) is 2.85. The smallest absolute Gasteiger partial charge is 0.261 e. The van der Waals surface area contributed by atoms with Crippen molar-refractivity contribution in [3.63, 3.8) is 0 Å². The normalized spacial score (nSPS) is 11.1. The Bertz CT molecular complexity index is 917. The van der Waals surface area contributed by atoms with Gasteiger partial charge >= 0.3 is 0 Å². The van der Waals surface area contributed by atoms with Gasteiger partial charge in [0.25, 0.3) is 11.8 Å². The van der Waals surface area contributed by atoms with Crippen LogP contribution in [0.5, 0.6) is 0 Å². The quantitative estimate of drug-likeness (QED) is 0.627. The summed E-state index contributed by atoms with van der Waals surface area (Å²) in [5.41, 5.74) is 2.60. The van der Waals surface area contributed by atoms with Crippen LogP contribution in [0.15, 0.2) is 72.1 Å². The third kappa shape index (κ3) is 5.08. The molecule has 0 radical (unpaired) electrons. The summed E-state index contributed by atoms with van der Waals surface area (Å²) in [6.07, 6.45) is 0. The molecule has 0 bridgehead atoms. The van der Waals surface area contributed by atoms with Gasteiger partial charge in [-0.05, 0) is 34.7 Å². The van der Waals surface area contributed by atoms with Crippen LogP contribution in [0.4, 0.5) is 0 Å². The lowest BCUT2D eigenvalue weighted by Gasteiger charge is -2.25. The Morgan fingerprint density at radius 2 is 1.57 bits per heavy atom. The van der Waals surface area contributed by atoms with Crippen LogP contribution in [0.2, 0.25) is 0 Å². The Morgan fingerprint density at radius 3 is 2.21 bits per heavy atom. The second-order valence-corrected chi connectivity index (χ2v) is 8.24. The predicted molar refractivity (Wildman–Crippen MR) is 114 cm³/mol. The van der Waals surface area contributed by atoms with Crippen molar-refractivity contribution in [1.82, 2.24) is 10.6 Å². The number of hydrogen-bond acceptors (Lipinski definition) is 3. The summed E-state index contributed by atoms with van der Waals surface area (Å²) in [5.74, 6) is -0.182.